The van der Waals surface area contributed by atoms with Gasteiger partial charge >= 0.3 is 12.1 Å². The van der Waals surface area contributed by atoms with E-state index in [4.69, 9.17) is 9.47 Å². The molecule has 0 heterocycles. The van der Waals surface area contributed by atoms with E-state index in [0.29, 0.717) is 13.0 Å². The summed E-state index contributed by atoms with van der Waals surface area (Å²) in [4.78, 5) is 24.2. The Kier molecular flexibility index (Phi) is 14.5. The smallest absolute Gasteiger partial charge is 0.407 e. The molecule has 0 bridgehead atoms. The molecule has 164 valence electrons. The van der Waals surface area contributed by atoms with Gasteiger partial charge in [-0.05, 0) is 18.9 Å². The molecule has 1 atom stereocenters. The molecule has 1 aromatic carbocycles. The predicted octanol–water partition coefficient (Wildman–Crippen LogP) is 5.81. The van der Waals surface area contributed by atoms with Gasteiger partial charge in [0, 0.05) is 6.42 Å². The monoisotopic (exact) mass is 405 g/mol. The van der Waals surface area contributed by atoms with Gasteiger partial charge in [0.05, 0.1) is 13.2 Å². The number of unbranched alkanes of at least 4 members (excludes halogenated alkanes) is 9. The molecule has 29 heavy (non-hydrogen) atoms. The van der Waals surface area contributed by atoms with Crippen LogP contribution in [-0.2, 0) is 20.7 Å². The van der Waals surface area contributed by atoms with Crippen molar-refractivity contribution in [1.82, 2.24) is 5.32 Å². The van der Waals surface area contributed by atoms with Gasteiger partial charge in [0.25, 0.3) is 0 Å². The number of benzene rings is 1. The van der Waals surface area contributed by atoms with Crippen molar-refractivity contribution in [2.24, 2.45) is 0 Å². The molecule has 0 radical (unpaired) electrons. The first kappa shape index (κ1) is 25.0. The average Bonchev–Trinajstić information content (AvgIpc) is 2.72. The average molecular weight is 406 g/mol. The molecule has 0 aromatic heterocycles. The molecule has 0 saturated carbocycles. The van der Waals surface area contributed by atoms with Gasteiger partial charge in [-0.3, -0.25) is 0 Å². The minimum absolute atomic E-state index is 0.261. The lowest BCUT2D eigenvalue weighted by atomic mass is 10.1. The largest absolute Gasteiger partial charge is 0.464 e. The third-order valence-electron chi connectivity index (χ3n) is 4.88. The summed E-state index contributed by atoms with van der Waals surface area (Å²) >= 11 is 0. The van der Waals surface area contributed by atoms with Crippen molar-refractivity contribution >= 4 is 12.1 Å². The fourth-order valence-corrected chi connectivity index (χ4v) is 3.22. The number of carbonyl (C=O) groups is 2. The lowest BCUT2D eigenvalue weighted by Gasteiger charge is -2.17. The van der Waals surface area contributed by atoms with Crippen LogP contribution in [0.2, 0.25) is 0 Å². The second-order valence-corrected chi connectivity index (χ2v) is 7.46. The Morgan fingerprint density at radius 1 is 0.828 bits per heavy atom. The van der Waals surface area contributed by atoms with Crippen molar-refractivity contribution in [3.8, 4) is 0 Å². The van der Waals surface area contributed by atoms with Crippen LogP contribution in [0, 0.1) is 0 Å². The quantitative estimate of drug-likeness (QED) is 0.278. The highest BCUT2D eigenvalue weighted by Crippen LogP contribution is 2.11. The molecule has 1 N–H and O–H groups in total. The molecule has 0 saturated heterocycles. The predicted molar refractivity (Wildman–Crippen MR) is 117 cm³/mol. The standard InChI is InChI=1S/C24H39NO4/c1-3-5-6-7-8-9-10-11-12-16-19-29-23(26)22(25-24(27)28-4-2)20-21-17-14-13-15-18-21/h13-15,17-18,22H,3-12,16,19-20H2,1-2H3,(H,25,27). The zero-order chi connectivity index (χ0) is 21.2. The highest BCUT2D eigenvalue weighted by atomic mass is 16.6. The Balaban J connectivity index is 2.24. The minimum atomic E-state index is -0.737. The van der Waals surface area contributed by atoms with Crippen molar-refractivity contribution in [2.45, 2.75) is 90.5 Å². The van der Waals surface area contributed by atoms with Gasteiger partial charge in [0.15, 0.2) is 0 Å². The van der Waals surface area contributed by atoms with E-state index in [1.165, 1.54) is 51.4 Å². The summed E-state index contributed by atoms with van der Waals surface area (Å²) < 4.78 is 10.3. The van der Waals surface area contributed by atoms with Crippen LogP contribution >= 0.6 is 0 Å². The lowest BCUT2D eigenvalue weighted by molar-refractivity contribution is -0.146. The molecule has 5 heteroatoms. The normalized spacial score (nSPS) is 11.7. The summed E-state index contributed by atoms with van der Waals surface area (Å²) in [5.74, 6) is -0.405. The highest BCUT2D eigenvalue weighted by molar-refractivity contribution is 5.81. The van der Waals surface area contributed by atoms with Crippen LogP contribution in [0.15, 0.2) is 30.3 Å². The molecule has 0 fully saturated rings. The van der Waals surface area contributed by atoms with Crippen LogP contribution in [-0.4, -0.2) is 31.3 Å². The van der Waals surface area contributed by atoms with E-state index in [1.54, 1.807) is 6.92 Å². The summed E-state index contributed by atoms with van der Waals surface area (Å²) in [6.45, 7) is 4.63. The van der Waals surface area contributed by atoms with E-state index in [2.05, 4.69) is 12.2 Å². The second-order valence-electron chi connectivity index (χ2n) is 7.46. The molecule has 0 aliphatic heterocycles. The number of hydrogen-bond acceptors (Lipinski definition) is 4. The van der Waals surface area contributed by atoms with E-state index >= 15 is 0 Å². The Bertz CT molecular complexity index is 547. The number of rotatable bonds is 16. The van der Waals surface area contributed by atoms with Crippen LogP contribution in [0.1, 0.15) is 83.6 Å². The number of alkyl carbamates (subject to hydrolysis) is 1. The maximum absolute atomic E-state index is 12.5. The molecule has 5 nitrogen and oxygen atoms in total. The summed E-state index contributed by atoms with van der Waals surface area (Å²) in [6.07, 6.45) is 12.1. The zero-order valence-electron chi connectivity index (χ0n) is 18.3. The summed E-state index contributed by atoms with van der Waals surface area (Å²) in [7, 11) is 0. The third-order valence-corrected chi connectivity index (χ3v) is 4.88. The van der Waals surface area contributed by atoms with E-state index in [1.807, 2.05) is 30.3 Å². The summed E-state index contributed by atoms with van der Waals surface area (Å²) in [5.41, 5.74) is 0.963. The molecule has 0 aliphatic carbocycles. The van der Waals surface area contributed by atoms with Gasteiger partial charge in [-0.1, -0.05) is 95.0 Å². The second kappa shape index (κ2) is 16.9. The van der Waals surface area contributed by atoms with E-state index in [0.717, 1.165) is 18.4 Å². The summed E-state index contributed by atoms with van der Waals surface area (Å²) in [6, 6.07) is 8.85. The van der Waals surface area contributed by atoms with Gasteiger partial charge in [0.2, 0.25) is 0 Å². The molecule has 1 aromatic rings. The molecular formula is C24H39NO4. The first-order valence-corrected chi connectivity index (χ1v) is 11.3. The fourth-order valence-electron chi connectivity index (χ4n) is 3.22. The maximum Gasteiger partial charge on any atom is 0.407 e. The van der Waals surface area contributed by atoms with Gasteiger partial charge in [-0.25, -0.2) is 9.59 Å². The third kappa shape index (κ3) is 12.9. The maximum atomic E-state index is 12.5. The Morgan fingerprint density at radius 2 is 1.41 bits per heavy atom. The minimum Gasteiger partial charge on any atom is -0.464 e. The van der Waals surface area contributed by atoms with Gasteiger partial charge in [0.1, 0.15) is 6.04 Å². The van der Waals surface area contributed by atoms with Crippen molar-refractivity contribution in [3.05, 3.63) is 35.9 Å². The number of esters is 1. The van der Waals surface area contributed by atoms with Gasteiger partial charge in [-0.2, -0.15) is 0 Å². The number of amides is 1. The van der Waals surface area contributed by atoms with E-state index in [-0.39, 0.29) is 6.61 Å². The first-order valence-electron chi connectivity index (χ1n) is 11.3. The molecule has 0 aliphatic rings. The fraction of sp³-hybridized carbons (Fsp3) is 0.667. The zero-order valence-corrected chi connectivity index (χ0v) is 18.3. The molecule has 1 amide bonds. The van der Waals surface area contributed by atoms with Crippen molar-refractivity contribution in [3.63, 3.8) is 0 Å². The van der Waals surface area contributed by atoms with Crippen LogP contribution in [0.4, 0.5) is 4.79 Å². The molecule has 1 unspecified atom stereocenters. The number of ether oxygens (including phenoxy) is 2. The first-order chi connectivity index (χ1) is 14.2. The lowest BCUT2D eigenvalue weighted by Crippen LogP contribution is -2.43. The van der Waals surface area contributed by atoms with Gasteiger partial charge in [-0.15, -0.1) is 0 Å². The van der Waals surface area contributed by atoms with Crippen molar-refractivity contribution in [2.75, 3.05) is 13.2 Å². The van der Waals surface area contributed by atoms with Crippen LogP contribution in [0.5, 0.6) is 0 Å². The number of nitrogens with one attached hydrogen (secondary N) is 1. The Labute approximate surface area is 176 Å². The molecule has 0 spiro atoms. The van der Waals surface area contributed by atoms with Crippen molar-refractivity contribution in [1.29, 1.82) is 0 Å². The van der Waals surface area contributed by atoms with Gasteiger partial charge < -0.3 is 14.8 Å². The number of hydrogen-bond donors (Lipinski definition) is 1. The SMILES string of the molecule is CCCCCCCCCCCCOC(=O)C(Cc1ccccc1)NC(=O)OCC. The summed E-state index contributed by atoms with van der Waals surface area (Å²) in [5, 5.41) is 2.62. The Hall–Kier alpha value is -2.04. The topological polar surface area (TPSA) is 64.6 Å². The van der Waals surface area contributed by atoms with Crippen molar-refractivity contribution < 1.29 is 19.1 Å². The molecule has 1 rings (SSSR count). The Morgan fingerprint density at radius 3 is 2.00 bits per heavy atom. The number of carbonyl (C=O) groups excluding carboxylic acids is 2. The van der Waals surface area contributed by atoms with Crippen LogP contribution < -0.4 is 5.32 Å². The highest BCUT2D eigenvalue weighted by Gasteiger charge is 2.23. The van der Waals surface area contributed by atoms with Crippen LogP contribution in [0.25, 0.3) is 0 Å². The van der Waals surface area contributed by atoms with Crippen LogP contribution in [0.3, 0.4) is 0 Å². The van der Waals surface area contributed by atoms with E-state index < -0.39 is 18.1 Å². The van der Waals surface area contributed by atoms with E-state index in [9.17, 15) is 9.59 Å². The molecular weight excluding hydrogens is 366 g/mol.